The second-order valence-electron chi connectivity index (χ2n) is 6.76. The number of aliphatic hydroxyl groups excluding tert-OH is 1. The molecule has 2 aromatic carbocycles. The summed E-state index contributed by atoms with van der Waals surface area (Å²) in [7, 11) is 0. The fraction of sp³-hybridized carbons (Fsp3) is 0.304. The number of allylic oxidation sites excluding steroid dienone is 1. The molecule has 0 aliphatic carbocycles. The quantitative estimate of drug-likeness (QED) is 0.472. The van der Waals surface area contributed by atoms with Crippen LogP contribution in [0.1, 0.15) is 31.4 Å². The summed E-state index contributed by atoms with van der Waals surface area (Å²) in [4.78, 5) is 23.1. The molecule has 2 aromatic rings. The fourth-order valence-corrected chi connectivity index (χ4v) is 2.94. The number of benzene rings is 2. The Morgan fingerprint density at radius 3 is 2.60 bits per heavy atom. The molecule has 0 fully saturated rings. The van der Waals surface area contributed by atoms with Gasteiger partial charge in [-0.05, 0) is 48.6 Å². The maximum Gasteiger partial charge on any atom is 0.412 e. The predicted molar refractivity (Wildman–Crippen MR) is 113 cm³/mol. The molecule has 0 aliphatic heterocycles. The molecule has 0 heterocycles. The number of ether oxygens (including phenoxy) is 2. The molecule has 7 nitrogen and oxygen atoms in total. The summed E-state index contributed by atoms with van der Waals surface area (Å²) in [5.41, 5.74) is 1.38. The van der Waals surface area contributed by atoms with Gasteiger partial charge in [-0.1, -0.05) is 43.3 Å². The van der Waals surface area contributed by atoms with Gasteiger partial charge in [0.15, 0.2) is 0 Å². The first-order valence-electron chi connectivity index (χ1n) is 9.75. The van der Waals surface area contributed by atoms with E-state index in [4.69, 9.17) is 19.7 Å². The normalized spacial score (nSPS) is 12.9. The fourth-order valence-electron chi connectivity index (χ4n) is 2.94. The molecule has 7 heteroatoms. The van der Waals surface area contributed by atoms with Crippen LogP contribution in [0.15, 0.2) is 66.7 Å². The van der Waals surface area contributed by atoms with Crippen molar-refractivity contribution in [1.82, 2.24) is 0 Å². The smallest absolute Gasteiger partial charge is 0.412 e. The second kappa shape index (κ2) is 12.3. The third kappa shape index (κ3) is 7.97. The molecule has 0 radical (unpaired) electrons. The first-order valence-corrected chi connectivity index (χ1v) is 9.75. The SMILES string of the molecule is C[C@@H](CC/C=C/C(=O)O)[C@H](OC(=O)Nc1ccccc1)c1cccc(OCCO)c1. The van der Waals surface area contributed by atoms with Crippen molar-refractivity contribution in [1.29, 1.82) is 0 Å². The third-order valence-corrected chi connectivity index (χ3v) is 4.37. The molecule has 0 bridgehead atoms. The van der Waals surface area contributed by atoms with Crippen molar-refractivity contribution >= 4 is 17.7 Å². The van der Waals surface area contributed by atoms with Gasteiger partial charge in [0.1, 0.15) is 18.5 Å². The Morgan fingerprint density at radius 1 is 1.13 bits per heavy atom. The number of aliphatic carboxylic acids is 1. The van der Waals surface area contributed by atoms with Crippen molar-refractivity contribution in [3.8, 4) is 5.75 Å². The lowest BCUT2D eigenvalue weighted by molar-refractivity contribution is -0.131. The summed E-state index contributed by atoms with van der Waals surface area (Å²) in [6.07, 6.45) is 2.70. The number of para-hydroxylation sites is 1. The molecule has 0 aromatic heterocycles. The molecule has 2 rings (SSSR count). The van der Waals surface area contributed by atoms with Crippen molar-refractivity contribution < 1.29 is 29.3 Å². The molecule has 0 spiro atoms. The van der Waals surface area contributed by atoms with Crippen LogP contribution in [-0.4, -0.2) is 35.5 Å². The highest BCUT2D eigenvalue weighted by atomic mass is 16.6. The standard InChI is InChI=1S/C23H27NO6/c1-17(8-5-6-13-21(26)27)22(18-9-7-12-20(16-18)29-15-14-25)30-23(28)24-19-10-3-2-4-11-19/h2-4,6-7,9-13,16-17,22,25H,5,8,14-15H2,1H3,(H,24,28)(H,26,27)/b13-6+/t17-,22-/m0/s1. The number of aliphatic hydroxyl groups is 1. The van der Waals surface area contributed by atoms with Gasteiger partial charge < -0.3 is 19.7 Å². The monoisotopic (exact) mass is 413 g/mol. The summed E-state index contributed by atoms with van der Waals surface area (Å²) in [5.74, 6) is -0.513. The van der Waals surface area contributed by atoms with E-state index in [1.165, 1.54) is 0 Å². The van der Waals surface area contributed by atoms with Crippen LogP contribution in [0.2, 0.25) is 0 Å². The van der Waals surface area contributed by atoms with Crippen molar-refractivity contribution in [2.75, 3.05) is 18.5 Å². The van der Waals surface area contributed by atoms with Crippen molar-refractivity contribution in [2.45, 2.75) is 25.9 Å². The van der Waals surface area contributed by atoms with E-state index >= 15 is 0 Å². The molecule has 2 atom stereocenters. The lowest BCUT2D eigenvalue weighted by Crippen LogP contribution is -2.22. The van der Waals surface area contributed by atoms with E-state index in [1.54, 1.807) is 36.4 Å². The lowest BCUT2D eigenvalue weighted by Gasteiger charge is -2.25. The van der Waals surface area contributed by atoms with Crippen LogP contribution in [0.5, 0.6) is 5.75 Å². The van der Waals surface area contributed by atoms with Gasteiger partial charge in [-0.2, -0.15) is 0 Å². The van der Waals surface area contributed by atoms with Crippen LogP contribution in [0, 0.1) is 5.92 Å². The van der Waals surface area contributed by atoms with E-state index in [2.05, 4.69) is 5.32 Å². The van der Waals surface area contributed by atoms with Crippen LogP contribution in [0.4, 0.5) is 10.5 Å². The maximum atomic E-state index is 12.5. The minimum Gasteiger partial charge on any atom is -0.491 e. The number of hydrogen-bond donors (Lipinski definition) is 3. The van der Waals surface area contributed by atoms with Crippen LogP contribution >= 0.6 is 0 Å². The Hall–Kier alpha value is -3.32. The van der Waals surface area contributed by atoms with Crippen LogP contribution in [0.25, 0.3) is 0 Å². The lowest BCUT2D eigenvalue weighted by atomic mass is 9.93. The largest absolute Gasteiger partial charge is 0.491 e. The number of hydrogen-bond acceptors (Lipinski definition) is 5. The molecule has 0 unspecified atom stereocenters. The molecular formula is C23H27NO6. The number of rotatable bonds is 11. The van der Waals surface area contributed by atoms with Crippen molar-refractivity contribution in [2.24, 2.45) is 5.92 Å². The van der Waals surface area contributed by atoms with Gasteiger partial charge >= 0.3 is 12.1 Å². The van der Waals surface area contributed by atoms with Gasteiger partial charge in [-0.3, -0.25) is 5.32 Å². The zero-order valence-electron chi connectivity index (χ0n) is 16.9. The van der Waals surface area contributed by atoms with Crippen LogP contribution in [0.3, 0.4) is 0 Å². The Morgan fingerprint density at radius 2 is 1.90 bits per heavy atom. The summed E-state index contributed by atoms with van der Waals surface area (Å²) < 4.78 is 11.2. The number of amides is 1. The van der Waals surface area contributed by atoms with Crippen LogP contribution in [-0.2, 0) is 9.53 Å². The molecule has 30 heavy (non-hydrogen) atoms. The van der Waals surface area contributed by atoms with Crippen molar-refractivity contribution in [3.05, 3.63) is 72.3 Å². The summed E-state index contributed by atoms with van der Waals surface area (Å²) in [5, 5.41) is 20.4. The number of carbonyl (C=O) groups excluding carboxylic acids is 1. The first-order chi connectivity index (χ1) is 14.5. The minimum absolute atomic E-state index is 0.0851. The molecule has 0 saturated carbocycles. The average Bonchev–Trinajstić information content (AvgIpc) is 2.74. The first kappa shape index (κ1) is 23.0. The van der Waals surface area contributed by atoms with Gasteiger partial charge in [0, 0.05) is 11.8 Å². The Bertz CT molecular complexity index is 837. The summed E-state index contributed by atoms with van der Waals surface area (Å²) in [6, 6.07) is 16.2. The number of anilines is 1. The summed E-state index contributed by atoms with van der Waals surface area (Å²) >= 11 is 0. The maximum absolute atomic E-state index is 12.5. The highest BCUT2D eigenvalue weighted by Gasteiger charge is 2.24. The number of carbonyl (C=O) groups is 2. The zero-order valence-corrected chi connectivity index (χ0v) is 16.9. The van der Waals surface area contributed by atoms with E-state index in [0.717, 1.165) is 11.6 Å². The minimum atomic E-state index is -0.994. The topological polar surface area (TPSA) is 105 Å². The van der Waals surface area contributed by atoms with Gasteiger partial charge in [0.25, 0.3) is 0 Å². The Balaban J connectivity index is 2.14. The van der Waals surface area contributed by atoms with Gasteiger partial charge in [0.2, 0.25) is 0 Å². The van der Waals surface area contributed by atoms with Gasteiger partial charge in [-0.15, -0.1) is 0 Å². The van der Waals surface area contributed by atoms with E-state index in [0.29, 0.717) is 24.3 Å². The number of nitrogens with one attached hydrogen (secondary N) is 1. The molecule has 0 aliphatic rings. The van der Waals surface area contributed by atoms with Gasteiger partial charge in [0.05, 0.1) is 6.61 Å². The van der Waals surface area contributed by atoms with E-state index in [-0.39, 0.29) is 19.1 Å². The molecular weight excluding hydrogens is 386 g/mol. The molecule has 0 saturated heterocycles. The zero-order chi connectivity index (χ0) is 21.8. The van der Waals surface area contributed by atoms with E-state index in [9.17, 15) is 9.59 Å². The highest BCUT2D eigenvalue weighted by molar-refractivity contribution is 5.84. The predicted octanol–water partition coefficient (Wildman–Crippen LogP) is 4.40. The van der Waals surface area contributed by atoms with E-state index < -0.39 is 18.2 Å². The Kier molecular flexibility index (Phi) is 9.40. The highest BCUT2D eigenvalue weighted by Crippen LogP contribution is 2.32. The third-order valence-electron chi connectivity index (χ3n) is 4.37. The average molecular weight is 413 g/mol. The van der Waals surface area contributed by atoms with Gasteiger partial charge in [-0.25, -0.2) is 9.59 Å². The molecule has 160 valence electrons. The second-order valence-corrected chi connectivity index (χ2v) is 6.76. The Labute approximate surface area is 176 Å². The van der Waals surface area contributed by atoms with Crippen LogP contribution < -0.4 is 10.1 Å². The summed E-state index contributed by atoms with van der Waals surface area (Å²) in [6.45, 7) is 2.01. The molecule has 1 amide bonds. The van der Waals surface area contributed by atoms with E-state index in [1.807, 2.05) is 31.2 Å². The van der Waals surface area contributed by atoms with Crippen molar-refractivity contribution in [3.63, 3.8) is 0 Å². The number of carboxylic acids is 1. The number of carboxylic acid groups (broad SMARTS) is 1. The molecule has 3 N–H and O–H groups in total.